The summed E-state index contributed by atoms with van der Waals surface area (Å²) in [6.07, 6.45) is 41.8. The van der Waals surface area contributed by atoms with Gasteiger partial charge in [0.05, 0.1) is 33.0 Å². The average Bonchev–Trinajstić information content (AvgIpc) is 3.15. The van der Waals surface area contributed by atoms with Crippen LogP contribution < -0.4 is 0 Å². The van der Waals surface area contributed by atoms with Crippen molar-refractivity contribution in [2.75, 3.05) is 46.2 Å². The highest BCUT2D eigenvalue weighted by molar-refractivity contribution is 7.41. The second-order valence-electron chi connectivity index (χ2n) is 15.3. The van der Waals surface area contributed by atoms with E-state index in [-0.39, 0.29) is 26.4 Å². The van der Waals surface area contributed by atoms with E-state index < -0.39 is 20.8 Å². The van der Waals surface area contributed by atoms with E-state index >= 15 is 0 Å². The lowest BCUT2D eigenvalue weighted by atomic mass is 10.0. The monoisotopic (exact) mass is 763 g/mol. The van der Waals surface area contributed by atoms with E-state index in [1.54, 1.807) is 0 Å². The van der Waals surface area contributed by atoms with E-state index in [0.717, 1.165) is 12.8 Å². The number of aliphatic hydroxyl groups is 2. The molecular weight excluding hydrogens is 671 g/mol. The van der Waals surface area contributed by atoms with Gasteiger partial charge in [-0.1, -0.05) is 206 Å². The van der Waals surface area contributed by atoms with Gasteiger partial charge in [-0.25, -0.2) is 0 Å². The maximum absolute atomic E-state index is 10.3. The van der Waals surface area contributed by atoms with Gasteiger partial charge in [0.15, 0.2) is 0 Å². The largest absolute Gasteiger partial charge is 0.388 e. The van der Waals surface area contributed by atoms with Gasteiger partial charge in [0.25, 0.3) is 0 Å². The van der Waals surface area contributed by atoms with Crippen molar-refractivity contribution >= 4 is 8.60 Å². The summed E-state index contributed by atoms with van der Waals surface area (Å²) in [7, 11) is -1.64. The first-order valence-corrected chi connectivity index (χ1v) is 23.9. The molecule has 0 fully saturated rings. The molecule has 0 saturated carbocycles. The highest BCUT2D eigenvalue weighted by atomic mass is 31.2. The Balaban J connectivity index is 3.53. The summed E-state index contributed by atoms with van der Waals surface area (Å²) in [6, 6.07) is 0. The Morgan fingerprint density at radius 2 is 0.577 bits per heavy atom. The lowest BCUT2D eigenvalue weighted by Crippen LogP contribution is -2.23. The Morgan fingerprint density at radius 3 is 0.827 bits per heavy atom. The second-order valence-corrected chi connectivity index (χ2v) is 16.5. The summed E-state index contributed by atoms with van der Waals surface area (Å²) in [5.74, 6) is 0. The van der Waals surface area contributed by atoms with Crippen molar-refractivity contribution in [1.82, 2.24) is 0 Å². The first-order chi connectivity index (χ1) is 25.6. The zero-order valence-corrected chi connectivity index (χ0v) is 36.0. The lowest BCUT2D eigenvalue weighted by molar-refractivity contribution is -0.00766. The molecule has 7 nitrogen and oxygen atoms in total. The molecule has 314 valence electrons. The lowest BCUT2D eigenvalue weighted by Gasteiger charge is -2.19. The molecule has 0 aliphatic heterocycles. The van der Waals surface area contributed by atoms with Gasteiger partial charge in [-0.2, -0.15) is 0 Å². The maximum atomic E-state index is 10.3. The van der Waals surface area contributed by atoms with E-state index in [9.17, 15) is 10.2 Å². The molecule has 2 atom stereocenters. The highest BCUT2D eigenvalue weighted by Gasteiger charge is 2.17. The fraction of sp³-hybridized carbons (Fsp3) is 1.00. The minimum atomic E-state index is -1.64. The summed E-state index contributed by atoms with van der Waals surface area (Å²) in [4.78, 5) is 0. The quantitative estimate of drug-likeness (QED) is 0.0472. The zero-order valence-electron chi connectivity index (χ0n) is 35.1. The molecule has 0 radical (unpaired) electrons. The Morgan fingerprint density at radius 1 is 0.327 bits per heavy atom. The van der Waals surface area contributed by atoms with Crippen LogP contribution in [0.4, 0.5) is 0 Å². The van der Waals surface area contributed by atoms with Gasteiger partial charge in [0, 0.05) is 13.2 Å². The summed E-state index contributed by atoms with van der Waals surface area (Å²) in [6.45, 7) is 8.84. The molecule has 52 heavy (non-hydrogen) atoms. The topological polar surface area (TPSA) is 86.6 Å². The summed E-state index contributed by atoms with van der Waals surface area (Å²) in [5.41, 5.74) is 0. The third-order valence-corrected chi connectivity index (χ3v) is 11.1. The summed E-state index contributed by atoms with van der Waals surface area (Å²) in [5, 5.41) is 20.6. The molecule has 0 aromatic carbocycles. The van der Waals surface area contributed by atoms with Crippen molar-refractivity contribution in [3.63, 3.8) is 0 Å². The Bertz CT molecular complexity index is 594. The normalized spacial score (nSPS) is 13.6. The fourth-order valence-corrected chi connectivity index (χ4v) is 7.57. The van der Waals surface area contributed by atoms with Crippen LogP contribution in [0.25, 0.3) is 0 Å². The van der Waals surface area contributed by atoms with E-state index in [1.807, 2.05) is 6.92 Å². The molecule has 0 aromatic rings. The van der Waals surface area contributed by atoms with E-state index in [4.69, 9.17) is 23.0 Å². The van der Waals surface area contributed by atoms with E-state index in [2.05, 4.69) is 13.8 Å². The third-order valence-electron chi connectivity index (χ3n) is 9.88. The van der Waals surface area contributed by atoms with E-state index in [1.165, 1.54) is 193 Å². The van der Waals surface area contributed by atoms with Gasteiger partial charge in [0.2, 0.25) is 0 Å². The highest BCUT2D eigenvalue weighted by Crippen LogP contribution is 2.39. The second kappa shape index (κ2) is 45.5. The fourth-order valence-electron chi connectivity index (χ4n) is 6.55. The molecule has 0 aliphatic rings. The third kappa shape index (κ3) is 42.9. The van der Waals surface area contributed by atoms with Crippen molar-refractivity contribution in [3.05, 3.63) is 0 Å². The van der Waals surface area contributed by atoms with Gasteiger partial charge in [-0.15, -0.1) is 0 Å². The van der Waals surface area contributed by atoms with Gasteiger partial charge in [0.1, 0.15) is 12.2 Å². The summed E-state index contributed by atoms with van der Waals surface area (Å²) < 4.78 is 28.2. The molecule has 0 amide bonds. The molecular formula is C44H91O7P. The minimum absolute atomic E-state index is 0.0799. The van der Waals surface area contributed by atoms with Crippen LogP contribution in [0.3, 0.4) is 0 Å². The van der Waals surface area contributed by atoms with Crippen LogP contribution in [0.2, 0.25) is 0 Å². The Kier molecular flexibility index (Phi) is 45.7. The predicted molar refractivity (Wildman–Crippen MR) is 223 cm³/mol. The van der Waals surface area contributed by atoms with Crippen molar-refractivity contribution in [3.8, 4) is 0 Å². The van der Waals surface area contributed by atoms with Crippen LogP contribution in [0.5, 0.6) is 0 Å². The van der Waals surface area contributed by atoms with Crippen LogP contribution in [0.15, 0.2) is 0 Å². The molecule has 0 rings (SSSR count). The average molecular weight is 763 g/mol. The standard InChI is InChI=1S/C44H91O7P/c1-4-7-9-11-13-15-17-19-21-23-25-27-29-31-33-35-37-47-39-43(45)41-50-52(49-6-3)51-42-44(46)40-48-38-36-34-32-30-28-26-24-22-20-18-16-14-12-10-8-5-2/h43-46H,4-42H2,1-3H3. The molecule has 0 aliphatic carbocycles. The minimum Gasteiger partial charge on any atom is -0.388 e. The number of unbranched alkanes of at least 4 members (excludes halogenated alkanes) is 30. The van der Waals surface area contributed by atoms with Gasteiger partial charge in [-0.05, 0) is 19.8 Å². The van der Waals surface area contributed by atoms with Crippen molar-refractivity contribution in [2.24, 2.45) is 0 Å². The molecule has 2 N–H and O–H groups in total. The Hall–Kier alpha value is 0.150. The van der Waals surface area contributed by atoms with Crippen molar-refractivity contribution < 1.29 is 33.3 Å². The van der Waals surface area contributed by atoms with Crippen LogP contribution in [-0.2, 0) is 23.0 Å². The van der Waals surface area contributed by atoms with Crippen LogP contribution >= 0.6 is 8.60 Å². The van der Waals surface area contributed by atoms with Crippen LogP contribution in [0, 0.1) is 0 Å². The number of rotatable bonds is 46. The van der Waals surface area contributed by atoms with Crippen LogP contribution in [0.1, 0.15) is 226 Å². The van der Waals surface area contributed by atoms with Gasteiger partial charge < -0.3 is 33.3 Å². The Labute approximate surface area is 325 Å². The van der Waals surface area contributed by atoms with Gasteiger partial charge in [-0.3, -0.25) is 0 Å². The zero-order chi connectivity index (χ0) is 37.8. The van der Waals surface area contributed by atoms with E-state index in [0.29, 0.717) is 19.8 Å². The maximum Gasteiger partial charge on any atom is 0.332 e. The number of ether oxygens (including phenoxy) is 2. The molecule has 0 spiro atoms. The molecule has 0 heterocycles. The molecule has 0 bridgehead atoms. The first-order valence-electron chi connectivity index (χ1n) is 22.8. The molecule has 0 aromatic heterocycles. The number of aliphatic hydroxyl groups excluding tert-OH is 2. The SMILES string of the molecule is CCCCCCCCCCCCCCCCCCOCC(O)COP(OCC)OCC(O)COCCCCCCCCCCCCCCCCCC. The number of hydrogen-bond donors (Lipinski definition) is 2. The molecule has 2 unspecified atom stereocenters. The van der Waals surface area contributed by atoms with Crippen LogP contribution in [-0.4, -0.2) is 68.7 Å². The summed E-state index contributed by atoms with van der Waals surface area (Å²) >= 11 is 0. The molecule has 0 saturated heterocycles. The smallest absolute Gasteiger partial charge is 0.332 e. The van der Waals surface area contributed by atoms with Gasteiger partial charge >= 0.3 is 8.60 Å². The molecule has 8 heteroatoms. The van der Waals surface area contributed by atoms with Crippen molar-refractivity contribution in [2.45, 2.75) is 238 Å². The first kappa shape index (κ1) is 52.2. The van der Waals surface area contributed by atoms with Crippen molar-refractivity contribution in [1.29, 1.82) is 0 Å². The number of hydrogen-bond acceptors (Lipinski definition) is 7. The predicted octanol–water partition coefficient (Wildman–Crippen LogP) is 13.6.